The van der Waals surface area contributed by atoms with Crippen LogP contribution in [0.1, 0.15) is 48.8 Å². The molecule has 1 heterocycles. The summed E-state index contributed by atoms with van der Waals surface area (Å²) in [6, 6.07) is 15.1. The van der Waals surface area contributed by atoms with Crippen LogP contribution < -0.4 is 10.6 Å². The molecule has 1 atom stereocenters. The van der Waals surface area contributed by atoms with Gasteiger partial charge in [-0.2, -0.15) is 0 Å². The third-order valence-electron chi connectivity index (χ3n) is 5.55. The van der Waals surface area contributed by atoms with Crippen molar-refractivity contribution in [2.24, 2.45) is 0 Å². The SMILES string of the molecule is CC(C)N(CC(=O)Nc1nc(CC(=O)N[C@@H](C)CCc2ccccc2)cs1)C(=O)c1ccc(F)cc1. The van der Waals surface area contributed by atoms with E-state index in [-0.39, 0.29) is 36.9 Å². The Balaban J connectivity index is 1.48. The van der Waals surface area contributed by atoms with Crippen LogP contribution in [0.2, 0.25) is 0 Å². The Bertz CT molecular complexity index is 1170. The molecule has 190 valence electrons. The molecule has 0 fully saturated rings. The molecular formula is C27H31FN4O3S. The highest BCUT2D eigenvalue weighted by molar-refractivity contribution is 7.13. The molecule has 3 aromatic rings. The summed E-state index contributed by atoms with van der Waals surface area (Å²) in [5.41, 5.74) is 2.10. The number of halogens is 1. The summed E-state index contributed by atoms with van der Waals surface area (Å²) in [5, 5.41) is 7.78. The lowest BCUT2D eigenvalue weighted by Crippen LogP contribution is -2.42. The van der Waals surface area contributed by atoms with E-state index in [2.05, 4.69) is 27.8 Å². The molecule has 0 aliphatic heterocycles. The number of hydrogen-bond donors (Lipinski definition) is 2. The maximum absolute atomic E-state index is 13.2. The Hall–Kier alpha value is -3.59. The molecule has 9 heteroatoms. The number of anilines is 1. The van der Waals surface area contributed by atoms with Crippen molar-refractivity contribution >= 4 is 34.2 Å². The second-order valence-corrected chi connectivity index (χ2v) is 9.75. The Morgan fingerprint density at radius 1 is 1.00 bits per heavy atom. The maximum Gasteiger partial charge on any atom is 0.254 e. The first kappa shape index (κ1) is 27.0. The van der Waals surface area contributed by atoms with E-state index in [4.69, 9.17) is 0 Å². The van der Waals surface area contributed by atoms with Gasteiger partial charge in [-0.3, -0.25) is 14.4 Å². The summed E-state index contributed by atoms with van der Waals surface area (Å²) in [7, 11) is 0. The van der Waals surface area contributed by atoms with Crippen molar-refractivity contribution in [3.8, 4) is 0 Å². The van der Waals surface area contributed by atoms with Crippen LogP contribution in [-0.4, -0.2) is 46.2 Å². The van der Waals surface area contributed by atoms with E-state index in [1.807, 2.05) is 25.1 Å². The number of nitrogens with zero attached hydrogens (tertiary/aromatic N) is 2. The van der Waals surface area contributed by atoms with Gasteiger partial charge in [-0.05, 0) is 63.4 Å². The Morgan fingerprint density at radius 2 is 1.69 bits per heavy atom. The third kappa shape index (κ3) is 8.27. The average Bonchev–Trinajstić information content (AvgIpc) is 3.28. The van der Waals surface area contributed by atoms with Gasteiger partial charge in [0.15, 0.2) is 5.13 Å². The number of aryl methyl sites for hydroxylation is 1. The van der Waals surface area contributed by atoms with Gasteiger partial charge in [0.1, 0.15) is 12.4 Å². The van der Waals surface area contributed by atoms with Crippen molar-refractivity contribution in [2.75, 3.05) is 11.9 Å². The summed E-state index contributed by atoms with van der Waals surface area (Å²) < 4.78 is 13.2. The largest absolute Gasteiger partial charge is 0.353 e. The summed E-state index contributed by atoms with van der Waals surface area (Å²) in [6.45, 7) is 5.40. The number of amides is 3. The minimum atomic E-state index is -0.435. The Morgan fingerprint density at radius 3 is 2.36 bits per heavy atom. The highest BCUT2D eigenvalue weighted by Gasteiger charge is 2.22. The number of carbonyl (C=O) groups excluding carboxylic acids is 3. The van der Waals surface area contributed by atoms with Gasteiger partial charge in [-0.1, -0.05) is 30.3 Å². The van der Waals surface area contributed by atoms with Crippen molar-refractivity contribution in [3.63, 3.8) is 0 Å². The predicted octanol–water partition coefficient (Wildman–Crippen LogP) is 4.45. The van der Waals surface area contributed by atoms with Crippen LogP contribution in [0, 0.1) is 5.82 Å². The van der Waals surface area contributed by atoms with Gasteiger partial charge in [0.05, 0.1) is 12.1 Å². The average molecular weight is 511 g/mol. The fourth-order valence-corrected chi connectivity index (χ4v) is 4.32. The Kier molecular flexibility index (Phi) is 9.69. The molecule has 1 aromatic heterocycles. The fraction of sp³-hybridized carbons (Fsp3) is 0.333. The van der Waals surface area contributed by atoms with Crippen molar-refractivity contribution in [3.05, 3.63) is 82.6 Å². The number of aromatic nitrogens is 1. The van der Waals surface area contributed by atoms with E-state index >= 15 is 0 Å². The summed E-state index contributed by atoms with van der Waals surface area (Å²) in [5.74, 6) is -1.33. The van der Waals surface area contributed by atoms with Crippen molar-refractivity contribution < 1.29 is 18.8 Å². The van der Waals surface area contributed by atoms with Gasteiger partial charge in [-0.25, -0.2) is 9.37 Å². The van der Waals surface area contributed by atoms with Crippen LogP contribution in [0.15, 0.2) is 60.0 Å². The van der Waals surface area contributed by atoms with Crippen LogP contribution in [0.4, 0.5) is 9.52 Å². The first-order valence-corrected chi connectivity index (χ1v) is 12.7. The van der Waals surface area contributed by atoms with E-state index in [1.165, 1.54) is 46.1 Å². The summed E-state index contributed by atoms with van der Waals surface area (Å²) in [6.07, 6.45) is 1.83. The van der Waals surface area contributed by atoms with Gasteiger partial charge in [0, 0.05) is 23.0 Å². The molecule has 0 aliphatic carbocycles. The molecule has 3 amide bonds. The first-order chi connectivity index (χ1) is 17.2. The number of rotatable bonds is 11. The van der Waals surface area contributed by atoms with E-state index in [0.717, 1.165) is 12.8 Å². The second kappa shape index (κ2) is 12.9. The lowest BCUT2D eigenvalue weighted by Gasteiger charge is -2.26. The quantitative estimate of drug-likeness (QED) is 0.399. The topological polar surface area (TPSA) is 91.4 Å². The van der Waals surface area contributed by atoms with E-state index < -0.39 is 11.7 Å². The molecule has 2 N–H and O–H groups in total. The monoisotopic (exact) mass is 510 g/mol. The van der Waals surface area contributed by atoms with Crippen LogP contribution in [-0.2, 0) is 22.4 Å². The second-order valence-electron chi connectivity index (χ2n) is 8.90. The standard InChI is InChI=1S/C27H31FN4O3S/c1-18(2)32(26(35)21-11-13-22(28)14-12-21)16-25(34)31-27-30-23(17-36-27)15-24(33)29-19(3)9-10-20-7-5-4-6-8-20/h4-8,11-14,17-19H,9-10,15-16H2,1-3H3,(H,29,33)(H,30,31,34)/t19-/m0/s1. The normalized spacial score (nSPS) is 11.7. The lowest BCUT2D eigenvalue weighted by atomic mass is 10.1. The zero-order chi connectivity index (χ0) is 26.1. The van der Waals surface area contributed by atoms with Gasteiger partial charge in [0.25, 0.3) is 5.91 Å². The molecule has 0 bridgehead atoms. The predicted molar refractivity (Wildman–Crippen MR) is 139 cm³/mol. The highest BCUT2D eigenvalue weighted by Crippen LogP contribution is 2.17. The zero-order valence-electron chi connectivity index (χ0n) is 20.7. The smallest absolute Gasteiger partial charge is 0.254 e. The molecule has 0 aliphatic rings. The van der Waals surface area contributed by atoms with Crippen LogP contribution in [0.25, 0.3) is 0 Å². The molecule has 0 unspecified atom stereocenters. The van der Waals surface area contributed by atoms with Crippen molar-refractivity contribution in [2.45, 2.75) is 52.1 Å². The molecule has 0 saturated carbocycles. The lowest BCUT2D eigenvalue weighted by molar-refractivity contribution is -0.121. The van der Waals surface area contributed by atoms with Gasteiger partial charge < -0.3 is 15.5 Å². The van der Waals surface area contributed by atoms with E-state index in [1.54, 1.807) is 19.2 Å². The zero-order valence-corrected chi connectivity index (χ0v) is 21.5. The fourth-order valence-electron chi connectivity index (χ4n) is 3.60. The van der Waals surface area contributed by atoms with Gasteiger partial charge in [0.2, 0.25) is 11.8 Å². The number of benzene rings is 2. The minimum Gasteiger partial charge on any atom is -0.353 e. The summed E-state index contributed by atoms with van der Waals surface area (Å²) >= 11 is 1.22. The number of thiazole rings is 1. The van der Waals surface area contributed by atoms with Crippen LogP contribution in [0.3, 0.4) is 0 Å². The Labute approximate surface area is 214 Å². The molecule has 0 spiro atoms. The molecule has 3 rings (SSSR count). The minimum absolute atomic E-state index is 0.0242. The summed E-state index contributed by atoms with van der Waals surface area (Å²) in [4.78, 5) is 43.6. The van der Waals surface area contributed by atoms with Crippen LogP contribution >= 0.6 is 11.3 Å². The number of hydrogen-bond acceptors (Lipinski definition) is 5. The molecular weight excluding hydrogens is 479 g/mol. The van der Waals surface area contributed by atoms with E-state index in [9.17, 15) is 18.8 Å². The molecule has 2 aromatic carbocycles. The van der Waals surface area contributed by atoms with Crippen molar-refractivity contribution in [1.82, 2.24) is 15.2 Å². The van der Waals surface area contributed by atoms with Gasteiger partial charge >= 0.3 is 0 Å². The van der Waals surface area contributed by atoms with Crippen LogP contribution in [0.5, 0.6) is 0 Å². The number of carbonyl (C=O) groups is 3. The highest BCUT2D eigenvalue weighted by atomic mass is 32.1. The molecule has 36 heavy (non-hydrogen) atoms. The molecule has 0 saturated heterocycles. The third-order valence-corrected chi connectivity index (χ3v) is 6.35. The van der Waals surface area contributed by atoms with Crippen molar-refractivity contribution in [1.29, 1.82) is 0 Å². The molecule has 7 nitrogen and oxygen atoms in total. The van der Waals surface area contributed by atoms with E-state index in [0.29, 0.717) is 16.4 Å². The first-order valence-electron chi connectivity index (χ1n) is 11.9. The van der Waals surface area contributed by atoms with Gasteiger partial charge in [-0.15, -0.1) is 11.3 Å². The maximum atomic E-state index is 13.2. The molecule has 0 radical (unpaired) electrons. The number of nitrogens with one attached hydrogen (secondary N) is 2.